The Morgan fingerprint density at radius 3 is 2.50 bits per heavy atom. The molecule has 2 rings (SSSR count). The number of rotatable bonds is 4. The molecule has 2 N–H and O–H groups in total. The van der Waals surface area contributed by atoms with Crippen LogP contribution in [0.3, 0.4) is 0 Å². The molecule has 1 aliphatic heterocycles. The summed E-state index contributed by atoms with van der Waals surface area (Å²) >= 11 is 0. The van der Waals surface area contributed by atoms with Crippen molar-refractivity contribution in [3.63, 3.8) is 0 Å². The summed E-state index contributed by atoms with van der Waals surface area (Å²) in [5.74, 6) is -6.20. The van der Waals surface area contributed by atoms with Gasteiger partial charge in [-0.15, -0.1) is 0 Å². The number of sulfonamides is 1. The highest BCUT2D eigenvalue weighted by Crippen LogP contribution is 2.30. The molecule has 1 aromatic rings. The summed E-state index contributed by atoms with van der Waals surface area (Å²) in [6.07, 6.45) is -0.614. The van der Waals surface area contributed by atoms with Gasteiger partial charge in [0.2, 0.25) is 15.9 Å². The maximum atomic E-state index is 13.8. The van der Waals surface area contributed by atoms with Crippen LogP contribution in [0, 0.1) is 17.5 Å². The zero-order chi connectivity index (χ0) is 16.7. The normalized spacial score (nSPS) is 22.9. The van der Waals surface area contributed by atoms with Crippen LogP contribution in [0.25, 0.3) is 0 Å². The van der Waals surface area contributed by atoms with Crippen molar-refractivity contribution < 1.29 is 31.1 Å². The van der Waals surface area contributed by atoms with Gasteiger partial charge in [0.15, 0.2) is 17.5 Å². The average Bonchev–Trinajstić information content (AvgIpc) is 2.90. The van der Waals surface area contributed by atoms with Crippen LogP contribution >= 0.6 is 0 Å². The lowest BCUT2D eigenvalue weighted by molar-refractivity contribution is -0.121. The summed E-state index contributed by atoms with van der Waals surface area (Å²) in [7, 11) is -3.26. The third kappa shape index (κ3) is 2.69. The number of carbonyl (C=O) groups is 1. The maximum absolute atomic E-state index is 13.8. The SMILES string of the molecule is CO[C@H]1C[C@@H](C(N)=O)N(S(=O)(=O)c2ccc(F)c(F)c2F)C1. The van der Waals surface area contributed by atoms with Gasteiger partial charge in [-0.2, -0.15) is 4.31 Å². The number of ether oxygens (including phenoxy) is 1. The topological polar surface area (TPSA) is 89.7 Å². The largest absolute Gasteiger partial charge is 0.380 e. The van der Waals surface area contributed by atoms with Crippen molar-refractivity contribution >= 4 is 15.9 Å². The van der Waals surface area contributed by atoms with Gasteiger partial charge in [0, 0.05) is 20.1 Å². The number of methoxy groups -OCH3 is 1. The number of nitrogens with zero attached hydrogens (tertiary/aromatic N) is 1. The first-order chi connectivity index (χ1) is 10.2. The molecule has 0 unspecified atom stereocenters. The molecule has 0 aliphatic carbocycles. The zero-order valence-corrected chi connectivity index (χ0v) is 12.2. The van der Waals surface area contributed by atoms with Crippen LogP contribution in [0.5, 0.6) is 0 Å². The van der Waals surface area contributed by atoms with E-state index in [1.165, 1.54) is 7.11 Å². The Morgan fingerprint density at radius 2 is 1.95 bits per heavy atom. The van der Waals surface area contributed by atoms with Crippen molar-refractivity contribution in [1.29, 1.82) is 0 Å². The van der Waals surface area contributed by atoms with Gasteiger partial charge in [-0.1, -0.05) is 0 Å². The van der Waals surface area contributed by atoms with Gasteiger partial charge in [-0.3, -0.25) is 4.79 Å². The molecule has 122 valence electrons. The molecule has 0 aromatic heterocycles. The fraction of sp³-hybridized carbons (Fsp3) is 0.417. The van der Waals surface area contributed by atoms with Gasteiger partial charge in [0.25, 0.3) is 0 Å². The molecule has 1 aliphatic rings. The highest BCUT2D eigenvalue weighted by atomic mass is 32.2. The molecule has 22 heavy (non-hydrogen) atoms. The predicted molar refractivity (Wildman–Crippen MR) is 68.6 cm³/mol. The van der Waals surface area contributed by atoms with Crippen LogP contribution in [-0.2, 0) is 19.6 Å². The van der Waals surface area contributed by atoms with Gasteiger partial charge in [-0.05, 0) is 12.1 Å². The first-order valence-electron chi connectivity index (χ1n) is 6.17. The molecule has 0 radical (unpaired) electrons. The van der Waals surface area contributed by atoms with Gasteiger partial charge in [0.1, 0.15) is 10.9 Å². The zero-order valence-electron chi connectivity index (χ0n) is 11.4. The summed E-state index contributed by atoms with van der Waals surface area (Å²) in [5.41, 5.74) is 5.14. The minimum absolute atomic E-state index is 0.00361. The van der Waals surface area contributed by atoms with Crippen LogP contribution in [-0.4, -0.2) is 44.4 Å². The monoisotopic (exact) mass is 338 g/mol. The minimum Gasteiger partial charge on any atom is -0.380 e. The molecule has 1 saturated heterocycles. The van der Waals surface area contributed by atoms with E-state index in [2.05, 4.69) is 0 Å². The summed E-state index contributed by atoms with van der Waals surface area (Å²) in [6.45, 7) is -0.245. The maximum Gasteiger partial charge on any atom is 0.246 e. The van der Waals surface area contributed by atoms with E-state index in [1.54, 1.807) is 0 Å². The number of amides is 1. The van der Waals surface area contributed by atoms with Gasteiger partial charge >= 0.3 is 0 Å². The Kier molecular flexibility index (Phi) is 4.45. The van der Waals surface area contributed by atoms with Crippen molar-refractivity contribution in [1.82, 2.24) is 4.31 Å². The summed E-state index contributed by atoms with van der Waals surface area (Å²) in [5, 5.41) is 0. The van der Waals surface area contributed by atoms with E-state index in [-0.39, 0.29) is 13.0 Å². The summed E-state index contributed by atoms with van der Waals surface area (Å²) < 4.78 is 70.4. The number of hydrogen-bond donors (Lipinski definition) is 1. The van der Waals surface area contributed by atoms with Crippen LogP contribution in [0.2, 0.25) is 0 Å². The van der Waals surface area contributed by atoms with Crippen LogP contribution in [0.15, 0.2) is 17.0 Å². The third-order valence-electron chi connectivity index (χ3n) is 3.47. The number of hydrogen-bond acceptors (Lipinski definition) is 4. The molecule has 1 amide bonds. The Morgan fingerprint density at radius 1 is 1.32 bits per heavy atom. The minimum atomic E-state index is -4.57. The molecule has 6 nitrogen and oxygen atoms in total. The quantitative estimate of drug-likeness (QED) is 0.803. The lowest BCUT2D eigenvalue weighted by Crippen LogP contribution is -2.44. The van der Waals surface area contributed by atoms with Crippen molar-refractivity contribution in [2.45, 2.75) is 23.5 Å². The Bertz CT molecular complexity index is 711. The van der Waals surface area contributed by atoms with E-state index in [4.69, 9.17) is 10.5 Å². The molecule has 1 heterocycles. The molecular formula is C12H13F3N2O4S. The van der Waals surface area contributed by atoms with E-state index in [9.17, 15) is 26.4 Å². The van der Waals surface area contributed by atoms with Gasteiger partial charge < -0.3 is 10.5 Å². The lowest BCUT2D eigenvalue weighted by Gasteiger charge is -2.21. The fourth-order valence-electron chi connectivity index (χ4n) is 2.30. The Hall–Kier alpha value is -1.65. The van der Waals surface area contributed by atoms with Gasteiger partial charge in [0.05, 0.1) is 6.10 Å². The fourth-order valence-corrected chi connectivity index (χ4v) is 3.99. The van der Waals surface area contributed by atoms with Crippen LogP contribution in [0.1, 0.15) is 6.42 Å². The van der Waals surface area contributed by atoms with Crippen molar-refractivity contribution in [2.24, 2.45) is 5.73 Å². The second-order valence-corrected chi connectivity index (χ2v) is 6.62. The first-order valence-corrected chi connectivity index (χ1v) is 7.61. The van der Waals surface area contributed by atoms with E-state index in [0.29, 0.717) is 16.4 Å². The highest BCUT2D eigenvalue weighted by molar-refractivity contribution is 7.89. The molecule has 10 heteroatoms. The molecule has 0 bridgehead atoms. The van der Waals surface area contributed by atoms with Crippen molar-refractivity contribution in [3.8, 4) is 0 Å². The second kappa shape index (κ2) is 5.86. The van der Waals surface area contributed by atoms with Crippen molar-refractivity contribution in [3.05, 3.63) is 29.6 Å². The van der Waals surface area contributed by atoms with Crippen LogP contribution in [0.4, 0.5) is 13.2 Å². The van der Waals surface area contributed by atoms with E-state index in [0.717, 1.165) is 0 Å². The number of primary amides is 1. The predicted octanol–water partition coefficient (Wildman–Crippen LogP) is 0.367. The van der Waals surface area contributed by atoms with E-state index in [1.807, 2.05) is 0 Å². The first kappa shape index (κ1) is 16.7. The standard InChI is InChI=1S/C12H13F3N2O4S/c1-21-6-4-8(12(16)18)17(5-6)22(19,20)9-3-2-7(13)10(14)11(9)15/h2-3,6,8H,4-5H2,1H3,(H2,16,18)/t6-,8-/m0/s1. The van der Waals surface area contributed by atoms with Crippen LogP contribution < -0.4 is 5.73 Å². The molecule has 1 fully saturated rings. The third-order valence-corrected chi connectivity index (χ3v) is 5.36. The Labute approximate surface area is 124 Å². The van der Waals surface area contributed by atoms with E-state index >= 15 is 0 Å². The van der Waals surface area contributed by atoms with Crippen molar-refractivity contribution in [2.75, 3.05) is 13.7 Å². The number of halogens is 3. The average molecular weight is 338 g/mol. The smallest absolute Gasteiger partial charge is 0.246 e. The van der Waals surface area contributed by atoms with Gasteiger partial charge in [-0.25, -0.2) is 21.6 Å². The molecule has 1 aromatic carbocycles. The molecular weight excluding hydrogens is 325 g/mol. The summed E-state index contributed by atoms with van der Waals surface area (Å²) in [4.78, 5) is 10.3. The summed E-state index contributed by atoms with van der Waals surface area (Å²) in [6, 6.07) is -0.155. The number of carbonyl (C=O) groups excluding carboxylic acids is 1. The van der Waals surface area contributed by atoms with E-state index < -0.39 is 50.4 Å². The Balaban J connectivity index is 2.50. The highest BCUT2D eigenvalue weighted by Gasteiger charge is 2.44. The number of nitrogens with two attached hydrogens (primary N) is 1. The second-order valence-electron chi connectivity index (χ2n) is 4.76. The molecule has 2 atom stereocenters. The lowest BCUT2D eigenvalue weighted by atomic mass is 10.2. The molecule has 0 spiro atoms. The molecule has 0 saturated carbocycles. The number of benzene rings is 1.